The van der Waals surface area contributed by atoms with Crippen LogP contribution in [0.2, 0.25) is 0 Å². The highest BCUT2D eigenvalue weighted by atomic mass is 32.2. The van der Waals surface area contributed by atoms with Gasteiger partial charge in [0.1, 0.15) is 6.04 Å². The van der Waals surface area contributed by atoms with Gasteiger partial charge in [-0.2, -0.15) is 0 Å². The summed E-state index contributed by atoms with van der Waals surface area (Å²) in [6, 6.07) is 6.63. The molecule has 2 N–H and O–H groups in total. The molecule has 0 aliphatic carbocycles. The molecule has 0 saturated carbocycles. The number of aryl methyl sites for hydroxylation is 1. The smallest absolute Gasteiger partial charge is 0.251 e. The fraction of sp³-hybridized carbons (Fsp3) is 0.556. The van der Waals surface area contributed by atoms with Gasteiger partial charge in [0.2, 0.25) is 5.91 Å². The summed E-state index contributed by atoms with van der Waals surface area (Å²) in [5, 5.41) is 5.66. The Hall–Kier alpha value is -1.69. The van der Waals surface area contributed by atoms with Crippen LogP contribution < -0.4 is 10.6 Å². The molecule has 1 aromatic rings. The third-order valence-corrected chi connectivity index (χ3v) is 5.34. The Balaban J connectivity index is 2.62. The first-order valence-corrected chi connectivity index (χ1v) is 9.82. The number of carbonyl (C=O) groups is 2. The molecule has 0 aromatic heterocycles. The van der Waals surface area contributed by atoms with Crippen LogP contribution in [-0.2, 0) is 15.6 Å². The van der Waals surface area contributed by atoms with Crippen LogP contribution in [0, 0.1) is 12.8 Å². The average Bonchev–Trinajstić information content (AvgIpc) is 2.52. The van der Waals surface area contributed by atoms with Gasteiger partial charge in [0.15, 0.2) is 0 Å². The van der Waals surface area contributed by atoms with Crippen molar-refractivity contribution in [2.75, 3.05) is 12.8 Å². The highest BCUT2D eigenvalue weighted by Gasteiger charge is 2.24. The molecular formula is C18H28N2O3S. The number of rotatable bonds is 8. The first-order valence-electron chi connectivity index (χ1n) is 8.19. The van der Waals surface area contributed by atoms with Crippen molar-refractivity contribution in [3.05, 3.63) is 35.4 Å². The van der Waals surface area contributed by atoms with Crippen LogP contribution >= 0.6 is 0 Å². The van der Waals surface area contributed by atoms with E-state index in [0.717, 1.165) is 5.56 Å². The van der Waals surface area contributed by atoms with Crippen LogP contribution in [0.15, 0.2) is 24.3 Å². The van der Waals surface area contributed by atoms with Gasteiger partial charge in [-0.05, 0) is 31.4 Å². The first kappa shape index (κ1) is 20.4. The highest BCUT2D eigenvalue weighted by molar-refractivity contribution is 7.84. The zero-order valence-electron chi connectivity index (χ0n) is 15.1. The number of nitrogens with one attached hydrogen (secondary N) is 2. The largest absolute Gasteiger partial charge is 0.354 e. The second-order valence-corrected chi connectivity index (χ2v) is 8.25. The van der Waals surface area contributed by atoms with Crippen LogP contribution in [0.4, 0.5) is 0 Å². The van der Waals surface area contributed by atoms with Crippen molar-refractivity contribution in [2.45, 2.75) is 45.4 Å². The van der Waals surface area contributed by atoms with E-state index < -0.39 is 16.8 Å². The lowest BCUT2D eigenvalue weighted by molar-refractivity contribution is -0.123. The summed E-state index contributed by atoms with van der Waals surface area (Å²) in [4.78, 5) is 24.7. The van der Waals surface area contributed by atoms with Crippen molar-refractivity contribution in [1.82, 2.24) is 10.6 Å². The Bertz CT molecular complexity index is 584. The third-order valence-electron chi connectivity index (χ3n) is 3.97. The van der Waals surface area contributed by atoms with Gasteiger partial charge in [0.05, 0.1) is 0 Å². The minimum absolute atomic E-state index is 0.0304. The van der Waals surface area contributed by atoms with E-state index in [-0.39, 0.29) is 23.0 Å². The zero-order valence-corrected chi connectivity index (χ0v) is 15.9. The maximum absolute atomic E-state index is 12.4. The van der Waals surface area contributed by atoms with Crippen molar-refractivity contribution >= 4 is 22.6 Å². The molecular weight excluding hydrogens is 324 g/mol. The van der Waals surface area contributed by atoms with E-state index in [0.29, 0.717) is 18.5 Å². The van der Waals surface area contributed by atoms with E-state index in [1.807, 2.05) is 39.8 Å². The summed E-state index contributed by atoms with van der Waals surface area (Å²) < 4.78 is 11.3. The van der Waals surface area contributed by atoms with E-state index >= 15 is 0 Å². The van der Waals surface area contributed by atoms with Gasteiger partial charge in [-0.1, -0.05) is 38.5 Å². The zero-order chi connectivity index (χ0) is 18.3. The molecule has 0 aliphatic heterocycles. The fourth-order valence-electron chi connectivity index (χ4n) is 2.14. The van der Waals surface area contributed by atoms with Crippen molar-refractivity contribution in [3.63, 3.8) is 0 Å². The highest BCUT2D eigenvalue weighted by Crippen LogP contribution is 2.07. The number of carbonyl (C=O) groups excluding carboxylic acids is 2. The predicted octanol–water partition coefficient (Wildman–Crippen LogP) is 2.02. The van der Waals surface area contributed by atoms with Gasteiger partial charge in [-0.15, -0.1) is 0 Å². The third kappa shape index (κ3) is 6.43. The summed E-state index contributed by atoms with van der Waals surface area (Å²) in [5.74, 6) is -0.497. The van der Waals surface area contributed by atoms with E-state index in [1.165, 1.54) is 0 Å². The molecule has 0 bridgehead atoms. The van der Waals surface area contributed by atoms with Crippen LogP contribution in [0.5, 0.6) is 0 Å². The van der Waals surface area contributed by atoms with E-state index in [1.54, 1.807) is 18.4 Å². The van der Waals surface area contributed by atoms with E-state index in [9.17, 15) is 13.8 Å². The van der Waals surface area contributed by atoms with Gasteiger partial charge >= 0.3 is 0 Å². The topological polar surface area (TPSA) is 75.3 Å². The molecule has 0 radical (unpaired) electrons. The standard InChI is InChI=1S/C18H28N2O3S/c1-12(2)16(18(22)19-11-10-14(4)24(5)23)20-17(21)15-8-6-13(3)7-9-15/h6-9,12,14,16H,10-11H2,1-5H3,(H,19,22)(H,20,21)/t14-,16+,24+/m1/s1. The van der Waals surface area contributed by atoms with Crippen molar-refractivity contribution < 1.29 is 13.8 Å². The molecule has 0 aliphatic rings. The molecule has 3 atom stereocenters. The Morgan fingerprint density at radius 3 is 2.21 bits per heavy atom. The maximum Gasteiger partial charge on any atom is 0.251 e. The lowest BCUT2D eigenvalue weighted by Gasteiger charge is -2.22. The summed E-state index contributed by atoms with van der Waals surface area (Å²) in [6.07, 6.45) is 2.30. The van der Waals surface area contributed by atoms with Gasteiger partial charge in [0.25, 0.3) is 5.91 Å². The lowest BCUT2D eigenvalue weighted by atomic mass is 10.0. The average molecular weight is 353 g/mol. The monoisotopic (exact) mass is 352 g/mol. The molecule has 24 heavy (non-hydrogen) atoms. The second-order valence-electron chi connectivity index (χ2n) is 6.45. The summed E-state index contributed by atoms with van der Waals surface area (Å²) in [5.41, 5.74) is 1.61. The quantitative estimate of drug-likeness (QED) is 0.752. The first-order chi connectivity index (χ1) is 11.2. The van der Waals surface area contributed by atoms with Crippen molar-refractivity contribution in [3.8, 4) is 0 Å². The van der Waals surface area contributed by atoms with Crippen LogP contribution in [0.25, 0.3) is 0 Å². The minimum atomic E-state index is -0.902. The normalized spacial score (nSPS) is 14.8. The van der Waals surface area contributed by atoms with E-state index in [4.69, 9.17) is 0 Å². The molecule has 6 heteroatoms. The molecule has 0 unspecified atom stereocenters. The summed E-state index contributed by atoms with van der Waals surface area (Å²) >= 11 is 0. The Kier molecular flexibility index (Phi) is 8.11. The Morgan fingerprint density at radius 1 is 1.12 bits per heavy atom. The predicted molar refractivity (Wildman–Crippen MR) is 98.4 cm³/mol. The second kappa shape index (κ2) is 9.57. The molecule has 134 valence electrons. The van der Waals surface area contributed by atoms with Crippen molar-refractivity contribution in [1.29, 1.82) is 0 Å². The van der Waals surface area contributed by atoms with Crippen LogP contribution in [-0.4, -0.2) is 40.1 Å². The number of hydrogen-bond donors (Lipinski definition) is 2. The molecule has 0 heterocycles. The summed E-state index contributed by atoms with van der Waals surface area (Å²) in [6.45, 7) is 8.08. The Labute approximate surface area is 147 Å². The van der Waals surface area contributed by atoms with Crippen LogP contribution in [0.1, 0.15) is 43.1 Å². The van der Waals surface area contributed by atoms with Crippen LogP contribution in [0.3, 0.4) is 0 Å². The number of amides is 2. The van der Waals surface area contributed by atoms with Gasteiger partial charge in [-0.25, -0.2) is 0 Å². The maximum atomic E-state index is 12.4. The number of benzene rings is 1. The fourth-order valence-corrected chi connectivity index (χ4v) is 2.59. The molecule has 1 rings (SSSR count). The minimum Gasteiger partial charge on any atom is -0.354 e. The molecule has 5 nitrogen and oxygen atoms in total. The molecule has 2 amide bonds. The molecule has 0 fully saturated rings. The molecule has 0 saturated heterocycles. The van der Waals surface area contributed by atoms with Gasteiger partial charge in [0, 0.05) is 34.4 Å². The Morgan fingerprint density at radius 2 is 1.71 bits per heavy atom. The van der Waals surface area contributed by atoms with Crippen molar-refractivity contribution in [2.24, 2.45) is 5.92 Å². The SMILES string of the molecule is Cc1ccc(C(=O)N[C@H](C(=O)NCC[C@@H](C)[S@](C)=O)C(C)C)cc1. The summed E-state index contributed by atoms with van der Waals surface area (Å²) in [7, 11) is -0.902. The van der Waals surface area contributed by atoms with E-state index in [2.05, 4.69) is 10.6 Å². The number of hydrogen-bond acceptors (Lipinski definition) is 3. The van der Waals surface area contributed by atoms with Gasteiger partial charge < -0.3 is 10.6 Å². The lowest BCUT2D eigenvalue weighted by Crippen LogP contribution is -2.50. The van der Waals surface area contributed by atoms with Gasteiger partial charge in [-0.3, -0.25) is 13.8 Å². The molecule has 1 aromatic carbocycles. The molecule has 0 spiro atoms.